The molecule has 0 bridgehead atoms. The van der Waals surface area contributed by atoms with Crippen molar-refractivity contribution in [3.8, 4) is 17.2 Å². The number of pyridine rings is 1. The van der Waals surface area contributed by atoms with E-state index in [1.165, 1.54) is 0 Å². The second kappa shape index (κ2) is 10.2. The van der Waals surface area contributed by atoms with E-state index in [2.05, 4.69) is 34.4 Å². The average Bonchev–Trinajstić information content (AvgIpc) is 3.62. The first kappa shape index (κ1) is 24.7. The third kappa shape index (κ3) is 4.39. The van der Waals surface area contributed by atoms with Crippen LogP contribution in [0.25, 0.3) is 27.8 Å². The summed E-state index contributed by atoms with van der Waals surface area (Å²) in [5, 5.41) is 10.5. The monoisotopic (exact) mass is 515 g/mol. The number of imidazole rings is 1. The fourth-order valence-electron chi connectivity index (χ4n) is 5.54. The lowest BCUT2D eigenvalue weighted by atomic mass is 9.96. The van der Waals surface area contributed by atoms with E-state index < -0.39 is 5.97 Å². The summed E-state index contributed by atoms with van der Waals surface area (Å²) in [5.41, 5.74) is 5.74. The van der Waals surface area contributed by atoms with Crippen LogP contribution in [0.2, 0.25) is 0 Å². The number of hydrogen-bond donors (Lipinski definition) is 0. The van der Waals surface area contributed by atoms with Crippen LogP contribution in [-0.2, 0) is 11.3 Å². The third-order valence-corrected chi connectivity index (χ3v) is 7.55. The summed E-state index contributed by atoms with van der Waals surface area (Å²) in [6.07, 6.45) is 1.02. The molecule has 7 nitrogen and oxygen atoms in total. The van der Waals surface area contributed by atoms with Crippen LogP contribution < -0.4 is 4.90 Å². The molecular formula is C32H29N5O2. The number of rotatable bonds is 6. The maximum absolute atomic E-state index is 13.0. The number of aromatic nitrogens is 2. The number of ether oxygens (including phenoxy) is 1. The van der Waals surface area contributed by atoms with E-state index in [-0.39, 0.29) is 6.61 Å². The van der Waals surface area contributed by atoms with Crippen molar-refractivity contribution >= 4 is 28.5 Å². The van der Waals surface area contributed by atoms with Crippen LogP contribution in [0.15, 0.2) is 84.9 Å². The van der Waals surface area contributed by atoms with E-state index in [0.717, 1.165) is 47.5 Å². The number of para-hydroxylation sites is 2. The van der Waals surface area contributed by atoms with Gasteiger partial charge in [-0.25, -0.2) is 9.78 Å². The van der Waals surface area contributed by atoms with Crippen LogP contribution >= 0.6 is 0 Å². The van der Waals surface area contributed by atoms with Crippen LogP contribution in [0.4, 0.5) is 5.82 Å². The highest BCUT2D eigenvalue weighted by Gasteiger charge is 2.32. The summed E-state index contributed by atoms with van der Waals surface area (Å²) in [6.45, 7) is 1.65. The first-order valence-electron chi connectivity index (χ1n) is 13.1. The molecule has 0 amide bonds. The number of carbonyl (C=O) groups excluding carboxylic acids is 1. The highest BCUT2D eigenvalue weighted by atomic mass is 16.5. The molecule has 2 aromatic heterocycles. The molecule has 0 unspecified atom stereocenters. The first-order chi connectivity index (χ1) is 19.1. The topological polar surface area (TPSA) is 73.9 Å². The van der Waals surface area contributed by atoms with Crippen molar-refractivity contribution in [2.75, 3.05) is 32.1 Å². The van der Waals surface area contributed by atoms with Crippen molar-refractivity contribution in [3.63, 3.8) is 0 Å². The van der Waals surface area contributed by atoms with Gasteiger partial charge in [0.15, 0.2) is 5.65 Å². The lowest BCUT2D eigenvalue weighted by Gasteiger charge is -2.28. The predicted octanol–water partition coefficient (Wildman–Crippen LogP) is 5.52. The van der Waals surface area contributed by atoms with Gasteiger partial charge in [0.2, 0.25) is 0 Å². The molecule has 3 heterocycles. The van der Waals surface area contributed by atoms with E-state index in [4.69, 9.17) is 9.72 Å². The zero-order chi connectivity index (χ0) is 26.9. The van der Waals surface area contributed by atoms with E-state index >= 15 is 0 Å². The third-order valence-electron chi connectivity index (χ3n) is 7.55. The van der Waals surface area contributed by atoms with Crippen LogP contribution in [0.1, 0.15) is 27.9 Å². The minimum Gasteiger partial charge on any atom is -0.457 e. The van der Waals surface area contributed by atoms with Gasteiger partial charge in [-0.2, -0.15) is 5.26 Å². The molecule has 1 aliphatic rings. The van der Waals surface area contributed by atoms with Crippen molar-refractivity contribution in [1.29, 1.82) is 5.26 Å². The summed E-state index contributed by atoms with van der Waals surface area (Å²) < 4.78 is 7.99. The number of nitriles is 1. The molecule has 1 fully saturated rings. The summed E-state index contributed by atoms with van der Waals surface area (Å²) in [4.78, 5) is 22.6. The molecule has 39 heavy (non-hydrogen) atoms. The summed E-state index contributed by atoms with van der Waals surface area (Å²) in [6, 6.07) is 29.8. The number of nitrogens with zero attached hydrogens (tertiary/aromatic N) is 5. The van der Waals surface area contributed by atoms with Gasteiger partial charge in [0.05, 0.1) is 16.6 Å². The molecule has 5 aromatic rings. The molecule has 1 atom stereocenters. The van der Waals surface area contributed by atoms with Gasteiger partial charge < -0.3 is 14.5 Å². The van der Waals surface area contributed by atoms with Crippen LogP contribution in [-0.4, -0.2) is 53.5 Å². The quantitative estimate of drug-likeness (QED) is 0.277. The highest BCUT2D eigenvalue weighted by Crippen LogP contribution is 2.41. The van der Waals surface area contributed by atoms with E-state index in [0.29, 0.717) is 28.4 Å². The van der Waals surface area contributed by atoms with Gasteiger partial charge in [0.1, 0.15) is 24.1 Å². The molecule has 3 aromatic carbocycles. The molecule has 0 saturated carbocycles. The van der Waals surface area contributed by atoms with Crippen molar-refractivity contribution in [2.24, 2.45) is 0 Å². The number of carbonyl (C=O) groups is 1. The van der Waals surface area contributed by atoms with Crippen molar-refractivity contribution in [1.82, 2.24) is 14.3 Å². The Morgan fingerprint density at radius 3 is 2.41 bits per heavy atom. The maximum Gasteiger partial charge on any atom is 0.338 e. The Bertz CT molecular complexity index is 1700. The number of hydrogen-bond acceptors (Lipinski definition) is 6. The SMILES string of the molecule is CN(C)[C@H]1CCN(c2c(-c3ccccc3)c(COC(=O)c3ccccc3)c(C#N)c3nc4ccccc4n23)C1. The molecule has 7 heteroatoms. The normalized spacial score (nSPS) is 15.2. The fraction of sp³-hybridized carbons (Fsp3) is 0.219. The highest BCUT2D eigenvalue weighted by molar-refractivity contribution is 5.93. The molecule has 1 aliphatic heterocycles. The predicted molar refractivity (Wildman–Crippen MR) is 153 cm³/mol. The second-order valence-electron chi connectivity index (χ2n) is 10.1. The van der Waals surface area contributed by atoms with Gasteiger partial charge in [-0.05, 0) is 50.3 Å². The van der Waals surface area contributed by atoms with Crippen LogP contribution in [0.3, 0.4) is 0 Å². The Kier molecular flexibility index (Phi) is 6.47. The minimum absolute atomic E-state index is 0.0432. The van der Waals surface area contributed by atoms with E-state index in [9.17, 15) is 10.1 Å². The van der Waals surface area contributed by atoms with Gasteiger partial charge in [-0.15, -0.1) is 0 Å². The van der Waals surface area contributed by atoms with Crippen molar-refractivity contribution in [2.45, 2.75) is 19.1 Å². The van der Waals surface area contributed by atoms with Gasteiger partial charge in [-0.3, -0.25) is 4.40 Å². The smallest absolute Gasteiger partial charge is 0.338 e. The Balaban J connectivity index is 1.62. The molecule has 6 rings (SSSR count). The number of esters is 1. The Labute approximate surface area is 227 Å². The maximum atomic E-state index is 13.0. The Morgan fingerprint density at radius 2 is 1.72 bits per heavy atom. The molecule has 194 valence electrons. The zero-order valence-electron chi connectivity index (χ0n) is 22.0. The van der Waals surface area contributed by atoms with Crippen molar-refractivity contribution in [3.05, 3.63) is 102 Å². The van der Waals surface area contributed by atoms with E-state index in [1.54, 1.807) is 12.1 Å². The van der Waals surface area contributed by atoms with Gasteiger partial charge in [0.25, 0.3) is 0 Å². The standard InChI is InChI=1S/C32H29N5O2/c1-35(2)24-17-18-36(20-24)31-29(22-11-5-3-6-12-22)26(21-39-32(38)23-13-7-4-8-14-23)25(19-33)30-34-27-15-9-10-16-28(27)37(30)31/h3-16,24H,17-18,20-21H2,1-2H3/t24-/m0/s1. The molecule has 0 aliphatic carbocycles. The number of likely N-dealkylation sites (N-methyl/N-ethyl adjacent to an activating group) is 1. The van der Waals surface area contributed by atoms with Gasteiger partial charge in [-0.1, -0.05) is 60.7 Å². The number of fused-ring (bicyclic) bond motifs is 3. The average molecular weight is 516 g/mol. The summed E-state index contributed by atoms with van der Waals surface area (Å²) in [5.74, 6) is 0.543. The van der Waals surface area contributed by atoms with E-state index in [1.807, 2.05) is 72.8 Å². The van der Waals surface area contributed by atoms with Gasteiger partial charge >= 0.3 is 5.97 Å². The minimum atomic E-state index is -0.428. The zero-order valence-corrected chi connectivity index (χ0v) is 22.0. The Hall–Kier alpha value is -4.67. The molecule has 0 N–H and O–H groups in total. The summed E-state index contributed by atoms with van der Waals surface area (Å²) in [7, 11) is 4.23. The molecule has 0 radical (unpaired) electrons. The lowest BCUT2D eigenvalue weighted by Crippen LogP contribution is -2.32. The number of anilines is 1. The summed E-state index contributed by atoms with van der Waals surface area (Å²) >= 11 is 0. The van der Waals surface area contributed by atoms with Crippen LogP contribution in [0, 0.1) is 11.3 Å². The first-order valence-corrected chi connectivity index (χ1v) is 13.1. The lowest BCUT2D eigenvalue weighted by molar-refractivity contribution is 0.0473. The Morgan fingerprint density at radius 1 is 1.03 bits per heavy atom. The molecule has 0 spiro atoms. The number of benzene rings is 3. The van der Waals surface area contributed by atoms with Gasteiger partial charge in [0, 0.05) is 30.3 Å². The molecular weight excluding hydrogens is 486 g/mol. The van der Waals surface area contributed by atoms with Crippen LogP contribution in [0.5, 0.6) is 0 Å². The fourth-order valence-corrected chi connectivity index (χ4v) is 5.54. The second-order valence-corrected chi connectivity index (χ2v) is 10.1. The largest absolute Gasteiger partial charge is 0.457 e. The van der Waals surface area contributed by atoms with Crippen molar-refractivity contribution < 1.29 is 9.53 Å². The molecule has 1 saturated heterocycles.